The van der Waals surface area contributed by atoms with Gasteiger partial charge in [-0.2, -0.15) is 0 Å². The molecule has 2 heteroatoms. The molecule has 0 fully saturated rings. The molecule has 1 aromatic rings. The molecule has 0 unspecified atom stereocenters. The second kappa shape index (κ2) is 6.39. The van der Waals surface area contributed by atoms with Gasteiger partial charge >= 0.3 is 0 Å². The molecular formula is C20H26OSi. The van der Waals surface area contributed by atoms with Gasteiger partial charge in [0.2, 0.25) is 0 Å². The molecule has 0 aliphatic heterocycles. The fourth-order valence-electron chi connectivity index (χ4n) is 3.24. The van der Waals surface area contributed by atoms with Crippen LogP contribution in [0.4, 0.5) is 0 Å². The molecule has 0 heterocycles. The van der Waals surface area contributed by atoms with E-state index in [-0.39, 0.29) is 0 Å². The lowest BCUT2D eigenvalue weighted by Gasteiger charge is -2.17. The van der Waals surface area contributed by atoms with Gasteiger partial charge in [-0.15, -0.1) is 0 Å². The predicted octanol–water partition coefficient (Wildman–Crippen LogP) is 5.51. The van der Waals surface area contributed by atoms with E-state index in [2.05, 4.69) is 62.1 Å². The van der Waals surface area contributed by atoms with Crippen molar-refractivity contribution >= 4 is 14.4 Å². The minimum Gasteiger partial charge on any atom is -0.418 e. The van der Waals surface area contributed by atoms with Crippen molar-refractivity contribution in [2.45, 2.75) is 45.3 Å². The quantitative estimate of drug-likeness (QED) is 0.497. The molecule has 116 valence electrons. The fraction of sp³-hybridized carbons (Fsp3) is 0.400. The predicted molar refractivity (Wildman–Crippen MR) is 97.4 cm³/mol. The van der Waals surface area contributed by atoms with E-state index in [1.807, 2.05) is 0 Å². The van der Waals surface area contributed by atoms with Gasteiger partial charge in [-0.3, -0.25) is 0 Å². The van der Waals surface area contributed by atoms with E-state index < -0.39 is 8.32 Å². The monoisotopic (exact) mass is 310 g/mol. The molecule has 0 aromatic heterocycles. The third-order valence-electron chi connectivity index (χ3n) is 4.31. The van der Waals surface area contributed by atoms with Crippen molar-refractivity contribution in [2.75, 3.05) is 6.61 Å². The van der Waals surface area contributed by atoms with Crippen molar-refractivity contribution in [3.63, 3.8) is 0 Å². The van der Waals surface area contributed by atoms with Crippen molar-refractivity contribution in [1.29, 1.82) is 0 Å². The Kier molecular flexibility index (Phi) is 4.51. The van der Waals surface area contributed by atoms with Gasteiger partial charge in [0.25, 0.3) is 0 Å². The van der Waals surface area contributed by atoms with E-state index in [4.69, 9.17) is 4.43 Å². The van der Waals surface area contributed by atoms with E-state index in [0.29, 0.717) is 0 Å². The summed E-state index contributed by atoms with van der Waals surface area (Å²) in [5, 5.41) is 0. The van der Waals surface area contributed by atoms with Crippen molar-refractivity contribution in [2.24, 2.45) is 0 Å². The zero-order chi connectivity index (χ0) is 15.6. The maximum absolute atomic E-state index is 5.98. The Bertz CT molecular complexity index is 644. The van der Waals surface area contributed by atoms with Gasteiger partial charge < -0.3 is 4.43 Å². The van der Waals surface area contributed by atoms with E-state index in [1.54, 1.807) is 5.57 Å². The van der Waals surface area contributed by atoms with Crippen molar-refractivity contribution < 1.29 is 4.43 Å². The van der Waals surface area contributed by atoms with Gasteiger partial charge in [0.05, 0.1) is 0 Å². The lowest BCUT2D eigenvalue weighted by molar-refractivity contribution is 0.305. The third kappa shape index (κ3) is 3.68. The highest BCUT2D eigenvalue weighted by atomic mass is 28.4. The molecule has 2 aliphatic rings. The molecule has 0 bridgehead atoms. The first-order valence-electron chi connectivity index (χ1n) is 8.34. The molecule has 0 saturated carbocycles. The van der Waals surface area contributed by atoms with Crippen LogP contribution in [0.3, 0.4) is 0 Å². The molecule has 1 aromatic carbocycles. The minimum atomic E-state index is -1.37. The summed E-state index contributed by atoms with van der Waals surface area (Å²) in [5.74, 6) is 0. The molecule has 0 spiro atoms. The number of rotatable bonds is 6. The number of allylic oxidation sites excluding steroid dienone is 5. The number of benzene rings is 1. The first kappa shape index (κ1) is 15.5. The number of hydrogen-bond donors (Lipinski definition) is 0. The topological polar surface area (TPSA) is 9.23 Å². The molecule has 22 heavy (non-hydrogen) atoms. The molecular weight excluding hydrogens is 284 g/mol. The molecule has 2 aliphatic carbocycles. The first-order valence-corrected chi connectivity index (χ1v) is 11.8. The average Bonchev–Trinajstić information content (AvgIpc) is 3.08. The molecule has 0 N–H and O–H groups in total. The fourth-order valence-corrected chi connectivity index (χ4v) is 3.99. The van der Waals surface area contributed by atoms with Gasteiger partial charge in [0.15, 0.2) is 8.32 Å². The lowest BCUT2D eigenvalue weighted by atomic mass is 9.97. The number of fused-ring (bicyclic) bond motifs is 1. The van der Waals surface area contributed by atoms with Crippen LogP contribution in [0.25, 0.3) is 6.08 Å². The Morgan fingerprint density at radius 2 is 1.95 bits per heavy atom. The summed E-state index contributed by atoms with van der Waals surface area (Å²) in [5.41, 5.74) is 7.48. The number of hydrogen-bond acceptors (Lipinski definition) is 1. The van der Waals surface area contributed by atoms with Gasteiger partial charge in [-0.05, 0) is 73.2 Å². The maximum Gasteiger partial charge on any atom is 0.183 e. The van der Waals surface area contributed by atoms with Crippen molar-refractivity contribution in [3.05, 3.63) is 64.3 Å². The summed E-state index contributed by atoms with van der Waals surface area (Å²) in [7, 11) is -1.37. The molecule has 3 rings (SSSR count). The molecule has 0 amide bonds. The highest BCUT2D eigenvalue weighted by Crippen LogP contribution is 2.36. The largest absolute Gasteiger partial charge is 0.418 e. The SMILES string of the molecule is C[Si](C)(C)OCCCC1=C(C2=Cc3ccccc3C2)CC=C1. The van der Waals surface area contributed by atoms with Crippen LogP contribution in [-0.4, -0.2) is 14.9 Å². The summed E-state index contributed by atoms with van der Waals surface area (Å²) >= 11 is 0. The van der Waals surface area contributed by atoms with E-state index >= 15 is 0 Å². The Labute approximate surface area is 135 Å². The summed E-state index contributed by atoms with van der Waals surface area (Å²) < 4.78 is 5.98. The second-order valence-electron chi connectivity index (χ2n) is 7.22. The van der Waals surface area contributed by atoms with E-state index in [9.17, 15) is 0 Å². The highest BCUT2D eigenvalue weighted by Gasteiger charge is 2.19. The van der Waals surface area contributed by atoms with E-state index in [0.717, 1.165) is 32.3 Å². The van der Waals surface area contributed by atoms with Gasteiger partial charge in [0, 0.05) is 6.61 Å². The highest BCUT2D eigenvalue weighted by molar-refractivity contribution is 6.69. The van der Waals surface area contributed by atoms with Gasteiger partial charge in [-0.1, -0.05) is 42.5 Å². The average molecular weight is 311 g/mol. The summed E-state index contributed by atoms with van der Waals surface area (Å²) in [6, 6.07) is 8.76. The van der Waals surface area contributed by atoms with Crippen LogP contribution in [0.15, 0.2) is 53.1 Å². The Morgan fingerprint density at radius 1 is 1.14 bits per heavy atom. The second-order valence-corrected chi connectivity index (χ2v) is 11.7. The molecule has 0 radical (unpaired) electrons. The van der Waals surface area contributed by atoms with Crippen LogP contribution in [0.5, 0.6) is 0 Å². The molecule has 0 atom stereocenters. The van der Waals surface area contributed by atoms with Crippen LogP contribution in [-0.2, 0) is 10.8 Å². The summed E-state index contributed by atoms with van der Waals surface area (Å²) in [4.78, 5) is 0. The maximum atomic E-state index is 5.98. The van der Waals surface area contributed by atoms with Gasteiger partial charge in [0.1, 0.15) is 0 Å². The first-order chi connectivity index (χ1) is 10.5. The lowest BCUT2D eigenvalue weighted by Crippen LogP contribution is -2.25. The van der Waals surface area contributed by atoms with Crippen LogP contribution >= 0.6 is 0 Å². The molecule has 1 nitrogen and oxygen atoms in total. The zero-order valence-corrected chi connectivity index (χ0v) is 15.0. The Balaban J connectivity index is 1.64. The van der Waals surface area contributed by atoms with Gasteiger partial charge in [-0.25, -0.2) is 0 Å². The minimum absolute atomic E-state index is 0.902. The van der Waals surface area contributed by atoms with Crippen molar-refractivity contribution in [1.82, 2.24) is 0 Å². The van der Waals surface area contributed by atoms with E-state index in [1.165, 1.54) is 22.3 Å². The molecule has 0 saturated heterocycles. The van der Waals surface area contributed by atoms with Crippen LogP contribution < -0.4 is 0 Å². The summed E-state index contributed by atoms with van der Waals surface area (Å²) in [6.45, 7) is 7.68. The third-order valence-corrected chi connectivity index (χ3v) is 5.38. The van der Waals surface area contributed by atoms with Crippen LogP contribution in [0.2, 0.25) is 19.6 Å². The zero-order valence-electron chi connectivity index (χ0n) is 14.0. The Morgan fingerprint density at radius 3 is 2.73 bits per heavy atom. The normalized spacial score (nSPS) is 17.1. The smallest absolute Gasteiger partial charge is 0.183 e. The standard InChI is InChI=1S/C20H26OSi/c1-22(2,3)21-13-7-11-16-10-6-12-20(16)19-14-17-8-4-5-9-18(17)15-19/h4-6,8-10,14H,7,11-13,15H2,1-3H3. The van der Waals surface area contributed by atoms with Crippen LogP contribution in [0.1, 0.15) is 30.4 Å². The van der Waals surface area contributed by atoms with Crippen molar-refractivity contribution in [3.8, 4) is 0 Å². The Hall–Kier alpha value is -1.38. The summed E-state index contributed by atoms with van der Waals surface area (Å²) in [6.07, 6.45) is 11.5. The van der Waals surface area contributed by atoms with Crippen LogP contribution in [0, 0.1) is 0 Å².